The molecule has 1 aromatic heterocycles. The molecule has 142 valence electrons. The van der Waals surface area contributed by atoms with E-state index in [0.717, 1.165) is 11.5 Å². The van der Waals surface area contributed by atoms with E-state index in [1.165, 1.54) is 18.2 Å². The molecule has 0 bridgehead atoms. The normalized spacial score (nSPS) is 13.0. The smallest absolute Gasteiger partial charge is 0.387 e. The molecule has 1 atom stereocenters. The Kier molecular flexibility index (Phi) is 6.94. The van der Waals surface area contributed by atoms with E-state index in [9.17, 15) is 13.2 Å². The molecule has 1 aromatic carbocycles. The topological polar surface area (TPSA) is 58.8 Å². The summed E-state index contributed by atoms with van der Waals surface area (Å²) in [5, 5.41) is 6.16. The third kappa shape index (κ3) is 5.44. The Bertz CT molecular complexity index is 747. The molecular weight excluding hydrogens is 347 g/mol. The molecule has 0 aliphatic heterocycles. The molecule has 0 spiro atoms. The van der Waals surface area contributed by atoms with Gasteiger partial charge in [-0.3, -0.25) is 0 Å². The van der Waals surface area contributed by atoms with Gasteiger partial charge in [-0.25, -0.2) is 9.38 Å². The van der Waals surface area contributed by atoms with E-state index in [4.69, 9.17) is 4.42 Å². The highest BCUT2D eigenvalue weighted by atomic mass is 19.3. The van der Waals surface area contributed by atoms with Crippen molar-refractivity contribution in [3.05, 3.63) is 53.2 Å². The Morgan fingerprint density at radius 1 is 1.27 bits per heavy atom. The molecule has 0 fully saturated rings. The molecule has 1 unspecified atom stereocenters. The van der Waals surface area contributed by atoms with E-state index in [0.29, 0.717) is 12.5 Å². The molecular formula is C18H22F3N3O2. The van der Waals surface area contributed by atoms with Crippen LogP contribution in [-0.4, -0.2) is 19.1 Å². The number of rotatable bonds is 7. The molecule has 5 nitrogen and oxygen atoms in total. The lowest BCUT2D eigenvalue weighted by atomic mass is 10.2. The fourth-order valence-electron chi connectivity index (χ4n) is 2.34. The van der Waals surface area contributed by atoms with Crippen molar-refractivity contribution in [1.29, 1.82) is 0 Å². The van der Waals surface area contributed by atoms with Gasteiger partial charge in [-0.05, 0) is 45.0 Å². The second-order valence-corrected chi connectivity index (χ2v) is 5.60. The van der Waals surface area contributed by atoms with E-state index >= 15 is 0 Å². The first-order valence-corrected chi connectivity index (χ1v) is 8.24. The SMILES string of the molecule is CCNC(=NCc1c(F)cccc1OC(F)F)NC(C)c1ccc(C)o1. The standard InChI is InChI=1S/C18H22F3N3O2/c1-4-22-18(24-12(3)15-9-8-11(2)25-15)23-10-13-14(19)6-5-7-16(13)26-17(20)21/h5-9,12,17H,4,10H2,1-3H3,(H2,22,23,24). The number of hydrogen-bond acceptors (Lipinski definition) is 3. The lowest BCUT2D eigenvalue weighted by molar-refractivity contribution is -0.0506. The minimum Gasteiger partial charge on any atom is -0.464 e. The zero-order chi connectivity index (χ0) is 19.1. The molecule has 0 aliphatic carbocycles. The van der Waals surface area contributed by atoms with Crippen LogP contribution in [0.25, 0.3) is 0 Å². The van der Waals surface area contributed by atoms with E-state index < -0.39 is 12.4 Å². The summed E-state index contributed by atoms with van der Waals surface area (Å²) >= 11 is 0. The molecule has 0 radical (unpaired) electrons. The molecule has 0 aliphatic rings. The van der Waals surface area contributed by atoms with Crippen molar-refractivity contribution in [3.63, 3.8) is 0 Å². The Balaban J connectivity index is 2.16. The maximum Gasteiger partial charge on any atom is 0.387 e. The van der Waals surface area contributed by atoms with Gasteiger partial charge in [0.1, 0.15) is 23.1 Å². The number of nitrogens with zero attached hydrogens (tertiary/aromatic N) is 1. The molecule has 0 saturated heterocycles. The quantitative estimate of drug-likeness (QED) is 0.569. The average Bonchev–Trinajstić information content (AvgIpc) is 3.00. The molecule has 0 saturated carbocycles. The number of alkyl halides is 2. The highest BCUT2D eigenvalue weighted by Gasteiger charge is 2.15. The summed E-state index contributed by atoms with van der Waals surface area (Å²) in [5.41, 5.74) is -0.0356. The zero-order valence-corrected chi connectivity index (χ0v) is 14.9. The van der Waals surface area contributed by atoms with Crippen LogP contribution in [0.1, 0.15) is 37.0 Å². The van der Waals surface area contributed by atoms with E-state index in [1.807, 2.05) is 32.9 Å². The van der Waals surface area contributed by atoms with Crippen LogP contribution < -0.4 is 15.4 Å². The van der Waals surface area contributed by atoms with E-state index in [2.05, 4.69) is 20.4 Å². The molecule has 26 heavy (non-hydrogen) atoms. The largest absolute Gasteiger partial charge is 0.464 e. The van der Waals surface area contributed by atoms with Crippen LogP contribution in [0.2, 0.25) is 0 Å². The van der Waals surface area contributed by atoms with Gasteiger partial charge < -0.3 is 19.8 Å². The van der Waals surface area contributed by atoms with Gasteiger partial charge >= 0.3 is 6.61 Å². The number of benzene rings is 1. The fourth-order valence-corrected chi connectivity index (χ4v) is 2.34. The third-order valence-corrected chi connectivity index (χ3v) is 3.57. The molecule has 2 rings (SSSR count). The molecule has 8 heteroatoms. The Morgan fingerprint density at radius 3 is 2.65 bits per heavy atom. The van der Waals surface area contributed by atoms with Crippen LogP contribution in [0.3, 0.4) is 0 Å². The van der Waals surface area contributed by atoms with Crippen LogP contribution in [0.15, 0.2) is 39.7 Å². The van der Waals surface area contributed by atoms with Gasteiger partial charge in [0.2, 0.25) is 0 Å². The van der Waals surface area contributed by atoms with Crippen LogP contribution in [0.4, 0.5) is 13.2 Å². The Labute approximate surface area is 150 Å². The van der Waals surface area contributed by atoms with Gasteiger partial charge in [0.05, 0.1) is 18.2 Å². The van der Waals surface area contributed by atoms with Crippen molar-refractivity contribution in [3.8, 4) is 5.75 Å². The summed E-state index contributed by atoms with van der Waals surface area (Å²) in [6.45, 7) is 3.00. The number of halogens is 3. The van der Waals surface area contributed by atoms with Crippen molar-refractivity contribution in [2.45, 2.75) is 40.0 Å². The number of nitrogens with one attached hydrogen (secondary N) is 2. The summed E-state index contributed by atoms with van der Waals surface area (Å²) in [6.07, 6.45) is 0. The van der Waals surface area contributed by atoms with Crippen LogP contribution in [0.5, 0.6) is 5.75 Å². The number of furan rings is 1. The first kappa shape index (κ1) is 19.7. The highest BCUT2D eigenvalue weighted by molar-refractivity contribution is 5.80. The third-order valence-electron chi connectivity index (χ3n) is 3.57. The fraction of sp³-hybridized carbons (Fsp3) is 0.389. The lowest BCUT2D eigenvalue weighted by Gasteiger charge is -2.16. The minimum atomic E-state index is -3.03. The Hall–Kier alpha value is -2.64. The van der Waals surface area contributed by atoms with Crippen molar-refractivity contribution >= 4 is 5.96 Å². The number of guanidine groups is 1. The van der Waals surface area contributed by atoms with Crippen LogP contribution in [-0.2, 0) is 6.54 Å². The number of aliphatic imine (C=N–C) groups is 1. The van der Waals surface area contributed by atoms with Gasteiger partial charge in [0, 0.05) is 6.54 Å². The lowest BCUT2D eigenvalue weighted by Crippen LogP contribution is -2.38. The van der Waals surface area contributed by atoms with Gasteiger partial charge in [-0.2, -0.15) is 8.78 Å². The second kappa shape index (κ2) is 9.17. The molecule has 2 N–H and O–H groups in total. The van der Waals surface area contributed by atoms with Gasteiger partial charge in [0.25, 0.3) is 0 Å². The van der Waals surface area contributed by atoms with E-state index in [1.54, 1.807) is 0 Å². The van der Waals surface area contributed by atoms with Crippen LogP contribution in [0, 0.1) is 12.7 Å². The van der Waals surface area contributed by atoms with Crippen molar-refractivity contribution < 1.29 is 22.3 Å². The van der Waals surface area contributed by atoms with Crippen molar-refractivity contribution in [1.82, 2.24) is 10.6 Å². The number of hydrogen-bond donors (Lipinski definition) is 2. The van der Waals surface area contributed by atoms with Gasteiger partial charge in [-0.15, -0.1) is 0 Å². The summed E-state index contributed by atoms with van der Waals surface area (Å²) in [5.74, 6) is 1.03. The summed E-state index contributed by atoms with van der Waals surface area (Å²) in [7, 11) is 0. The predicted octanol–water partition coefficient (Wildman–Crippen LogP) is 4.14. The van der Waals surface area contributed by atoms with Gasteiger partial charge in [-0.1, -0.05) is 6.07 Å². The van der Waals surface area contributed by atoms with E-state index in [-0.39, 0.29) is 23.9 Å². The molecule has 2 aromatic rings. The monoisotopic (exact) mass is 369 g/mol. The summed E-state index contributed by atoms with van der Waals surface area (Å²) in [4.78, 5) is 4.27. The number of ether oxygens (including phenoxy) is 1. The van der Waals surface area contributed by atoms with Crippen molar-refractivity contribution in [2.75, 3.05) is 6.54 Å². The number of aryl methyl sites for hydroxylation is 1. The summed E-state index contributed by atoms with van der Waals surface area (Å²) < 4.78 is 48.9. The summed E-state index contributed by atoms with van der Waals surface area (Å²) in [6, 6.07) is 7.30. The predicted molar refractivity (Wildman–Crippen MR) is 92.8 cm³/mol. The minimum absolute atomic E-state index is 0.0356. The highest BCUT2D eigenvalue weighted by Crippen LogP contribution is 2.24. The Morgan fingerprint density at radius 2 is 2.04 bits per heavy atom. The second-order valence-electron chi connectivity index (χ2n) is 5.60. The van der Waals surface area contributed by atoms with Gasteiger partial charge in [0.15, 0.2) is 5.96 Å². The van der Waals surface area contributed by atoms with Crippen molar-refractivity contribution in [2.24, 2.45) is 4.99 Å². The first-order valence-electron chi connectivity index (χ1n) is 8.24. The average molecular weight is 369 g/mol. The van der Waals surface area contributed by atoms with Crippen LogP contribution >= 0.6 is 0 Å². The maximum atomic E-state index is 14.0. The molecule has 1 heterocycles. The zero-order valence-electron chi connectivity index (χ0n) is 14.9. The maximum absolute atomic E-state index is 14.0. The first-order chi connectivity index (χ1) is 12.4. The molecule has 0 amide bonds.